The second-order valence-corrected chi connectivity index (χ2v) is 17.0. The molecule has 0 bridgehead atoms. The Kier molecular flexibility index (Phi) is 9.52. The summed E-state index contributed by atoms with van der Waals surface area (Å²) in [6, 6.07) is 55.4. The van der Waals surface area contributed by atoms with Crippen LogP contribution in [0.2, 0.25) is 0 Å². The van der Waals surface area contributed by atoms with Crippen molar-refractivity contribution >= 4 is 60.8 Å². The summed E-state index contributed by atoms with van der Waals surface area (Å²) in [5, 5.41) is 4.20. The van der Waals surface area contributed by atoms with Crippen molar-refractivity contribution in [3.8, 4) is 17.3 Å². The number of hydrogen-bond donors (Lipinski definition) is 0. The van der Waals surface area contributed by atoms with Crippen molar-refractivity contribution in [2.45, 2.75) is 52.5 Å². The molecule has 0 atom stereocenters. The van der Waals surface area contributed by atoms with Crippen LogP contribution in [0, 0.1) is 18.8 Å². The minimum atomic E-state index is -0.202. The van der Waals surface area contributed by atoms with E-state index in [1.165, 1.54) is 5.56 Å². The minimum Gasteiger partial charge on any atom is -0.509 e. The number of aromatic nitrogens is 2. The molecule has 0 radical (unpaired) electrons. The molecule has 3 aromatic heterocycles. The van der Waals surface area contributed by atoms with Crippen molar-refractivity contribution in [2.75, 3.05) is 4.90 Å². The van der Waals surface area contributed by atoms with Crippen LogP contribution in [-0.2, 0) is 26.5 Å². The summed E-state index contributed by atoms with van der Waals surface area (Å²) >= 11 is 0. The Balaban J connectivity index is 0.00000449. The summed E-state index contributed by atoms with van der Waals surface area (Å²) in [4.78, 5) is 9.50. The first-order chi connectivity index (χ1) is 28.0. The number of para-hydroxylation sites is 1. The Labute approximate surface area is 359 Å². The van der Waals surface area contributed by atoms with Crippen molar-refractivity contribution in [1.82, 2.24) is 14.5 Å². The van der Waals surface area contributed by atoms with Crippen molar-refractivity contribution in [1.29, 1.82) is 0 Å². The van der Waals surface area contributed by atoms with Crippen LogP contribution in [0.25, 0.3) is 61.0 Å². The van der Waals surface area contributed by atoms with Crippen molar-refractivity contribution < 1.29 is 30.2 Å². The summed E-state index contributed by atoms with van der Waals surface area (Å²) in [5.74, 6) is 1.97. The van der Waals surface area contributed by atoms with Gasteiger partial charge in [-0.2, -0.15) is 18.8 Å². The SMILES string of the molecule is CC(C)(C)c1ccnc(-n2c3[c-]c(Oc4[c-]c(N5[CH-]N(C(C)(C)C)C(c6ccccc6)=C5c5ccccc5)ccc4)ccc3c3c4oc5ccccc5c4ccc32)c1.[Pt]. The minimum absolute atomic E-state index is 0. The predicted octanol–water partition coefficient (Wildman–Crippen LogP) is 13.3. The molecule has 0 amide bonds. The summed E-state index contributed by atoms with van der Waals surface area (Å²) in [6.07, 6.45) is 1.89. The first-order valence-corrected chi connectivity index (χ1v) is 19.8. The summed E-state index contributed by atoms with van der Waals surface area (Å²) in [7, 11) is 0. The van der Waals surface area contributed by atoms with Gasteiger partial charge in [-0.3, -0.25) is 0 Å². The van der Waals surface area contributed by atoms with E-state index in [0.29, 0.717) is 11.5 Å². The van der Waals surface area contributed by atoms with Gasteiger partial charge in [0.15, 0.2) is 0 Å². The van der Waals surface area contributed by atoms with E-state index >= 15 is 0 Å². The number of furan rings is 1. The molecule has 0 N–H and O–H groups in total. The zero-order chi connectivity index (χ0) is 39.8. The summed E-state index contributed by atoms with van der Waals surface area (Å²) < 4.78 is 15.5. The average Bonchev–Trinajstić information content (AvgIpc) is 3.92. The molecule has 9 aromatic rings. The van der Waals surface area contributed by atoms with E-state index in [1.54, 1.807) is 0 Å². The Bertz CT molecular complexity index is 3040. The van der Waals surface area contributed by atoms with Crippen LogP contribution in [0.15, 0.2) is 150 Å². The van der Waals surface area contributed by atoms with Crippen LogP contribution in [0.1, 0.15) is 58.2 Å². The van der Waals surface area contributed by atoms with Gasteiger partial charge in [-0.1, -0.05) is 111 Å². The Hall–Kier alpha value is -6.10. The first kappa shape index (κ1) is 38.4. The molecule has 1 aliphatic heterocycles. The monoisotopic (exact) mass is 950 g/mol. The third-order valence-corrected chi connectivity index (χ3v) is 11.0. The molecular formula is C52H43N4O2Pt-3. The number of fused-ring (bicyclic) bond motifs is 7. The van der Waals surface area contributed by atoms with Crippen LogP contribution in [-0.4, -0.2) is 20.0 Å². The first-order valence-electron chi connectivity index (χ1n) is 19.8. The molecule has 4 heterocycles. The van der Waals surface area contributed by atoms with Gasteiger partial charge < -0.3 is 23.5 Å². The molecule has 7 heteroatoms. The molecule has 6 aromatic carbocycles. The molecule has 6 nitrogen and oxygen atoms in total. The number of nitrogens with zero attached hydrogens (tertiary/aromatic N) is 4. The molecule has 0 fully saturated rings. The topological polar surface area (TPSA) is 46.7 Å². The van der Waals surface area contributed by atoms with Crippen LogP contribution in [0.4, 0.5) is 5.69 Å². The smallest absolute Gasteiger partial charge is 0.135 e. The van der Waals surface area contributed by atoms with Gasteiger partial charge in [-0.25, -0.2) is 4.98 Å². The van der Waals surface area contributed by atoms with Gasteiger partial charge in [0.25, 0.3) is 0 Å². The number of pyridine rings is 1. The van der Waals surface area contributed by atoms with E-state index in [1.807, 2.05) is 36.5 Å². The predicted molar refractivity (Wildman–Crippen MR) is 237 cm³/mol. The van der Waals surface area contributed by atoms with Gasteiger partial charge in [-0.05, 0) is 78.6 Å². The number of anilines is 1. The molecule has 1 aliphatic rings. The fourth-order valence-electron chi connectivity index (χ4n) is 8.14. The van der Waals surface area contributed by atoms with E-state index in [9.17, 15) is 0 Å². The van der Waals surface area contributed by atoms with Gasteiger partial charge >= 0.3 is 0 Å². The Morgan fingerprint density at radius 2 is 1.32 bits per heavy atom. The van der Waals surface area contributed by atoms with Gasteiger partial charge in [0, 0.05) is 72.0 Å². The molecule has 10 rings (SSSR count). The maximum atomic E-state index is 6.70. The third kappa shape index (κ3) is 6.70. The zero-order valence-corrected chi connectivity index (χ0v) is 36.1. The maximum Gasteiger partial charge on any atom is 0.135 e. The van der Waals surface area contributed by atoms with Crippen LogP contribution in [0.5, 0.6) is 11.5 Å². The number of hydrogen-bond acceptors (Lipinski definition) is 5. The molecule has 0 saturated heterocycles. The van der Waals surface area contributed by atoms with Crippen molar-refractivity contribution in [2.24, 2.45) is 0 Å². The fourth-order valence-corrected chi connectivity index (χ4v) is 8.14. The largest absolute Gasteiger partial charge is 0.509 e. The van der Waals surface area contributed by atoms with Gasteiger partial charge in [0.1, 0.15) is 17.0 Å². The van der Waals surface area contributed by atoms with E-state index < -0.39 is 0 Å². The average molecular weight is 951 g/mol. The third-order valence-electron chi connectivity index (χ3n) is 11.0. The van der Waals surface area contributed by atoms with E-state index in [-0.39, 0.29) is 32.0 Å². The van der Waals surface area contributed by atoms with Crippen molar-refractivity contribution in [3.63, 3.8) is 0 Å². The molecule has 0 unspecified atom stereocenters. The molecule has 0 aliphatic carbocycles. The number of benzene rings is 6. The summed E-state index contributed by atoms with van der Waals surface area (Å²) in [6.45, 7) is 15.6. The van der Waals surface area contributed by atoms with Gasteiger partial charge in [0.05, 0.1) is 0 Å². The van der Waals surface area contributed by atoms with E-state index in [2.05, 4.69) is 184 Å². The summed E-state index contributed by atoms with van der Waals surface area (Å²) in [5.41, 5.74) is 9.81. The number of ether oxygens (including phenoxy) is 1. The quantitative estimate of drug-likeness (QED) is 0.155. The van der Waals surface area contributed by atoms with Gasteiger partial charge in [-0.15, -0.1) is 36.0 Å². The molecule has 59 heavy (non-hydrogen) atoms. The van der Waals surface area contributed by atoms with Crippen LogP contribution in [0.3, 0.4) is 0 Å². The Morgan fingerprint density at radius 3 is 2.05 bits per heavy atom. The maximum absolute atomic E-state index is 6.70. The Morgan fingerprint density at radius 1 is 0.644 bits per heavy atom. The normalized spacial score (nSPS) is 13.6. The zero-order valence-electron chi connectivity index (χ0n) is 33.9. The van der Waals surface area contributed by atoms with E-state index in [4.69, 9.17) is 14.1 Å². The molecule has 0 spiro atoms. The van der Waals surface area contributed by atoms with Crippen LogP contribution < -0.4 is 9.64 Å². The van der Waals surface area contributed by atoms with Crippen LogP contribution >= 0.6 is 0 Å². The second kappa shape index (κ2) is 14.6. The standard InChI is InChI=1S/C52H43N4O2.Pt/c1-51(2,3)36-28-29-53-46(30-36)56-43-27-26-41-40-22-13-14-23-45(40)58-50(41)47(43)42-25-24-39(32-44(42)56)57-38-21-15-20-37(31-38)54-33-55(52(4,5)6)49(35-18-11-8-12-19-35)48(54)34-16-9-7-10-17-34;/h7-30,33H,1-6H3;/q-3;. The molecule has 296 valence electrons. The van der Waals surface area contributed by atoms with Gasteiger partial charge in [0.2, 0.25) is 0 Å². The number of rotatable bonds is 6. The van der Waals surface area contributed by atoms with Crippen molar-refractivity contribution in [3.05, 3.63) is 181 Å². The fraction of sp³-hybridized carbons (Fsp3) is 0.154. The van der Waals surface area contributed by atoms with E-state index in [0.717, 1.165) is 77.8 Å². The molecular weight excluding hydrogens is 908 g/mol. The molecule has 0 saturated carbocycles. The second-order valence-electron chi connectivity index (χ2n) is 17.0.